The minimum atomic E-state index is -1.11. The summed E-state index contributed by atoms with van der Waals surface area (Å²) in [4.78, 5) is 103. The van der Waals surface area contributed by atoms with E-state index in [2.05, 4.69) is 31.9 Å². The highest BCUT2D eigenvalue weighted by atomic mass is 35.5. The van der Waals surface area contributed by atoms with Gasteiger partial charge in [0.15, 0.2) is 0 Å². The number of anilines is 2. The Morgan fingerprint density at radius 3 is 2.34 bits per heavy atom. The number of nitrogens with one attached hydrogen (secondary N) is 6. The fourth-order valence-corrected chi connectivity index (χ4v) is 7.02. The summed E-state index contributed by atoms with van der Waals surface area (Å²) in [5, 5.41) is 25.9. The Kier molecular flexibility index (Phi) is 13.7. The van der Waals surface area contributed by atoms with E-state index in [1.165, 1.54) is 30.9 Å². The third-order valence-corrected chi connectivity index (χ3v) is 10.7. The largest absolute Gasteiger partial charge is 0.488 e. The first-order chi connectivity index (χ1) is 29.1. The summed E-state index contributed by atoms with van der Waals surface area (Å²) in [5.41, 5.74) is 3.84. The predicted octanol–water partition coefficient (Wildman–Crippen LogP) is 2.36. The number of carbonyl (C=O) groups is 8. The number of amides is 9. The van der Waals surface area contributed by atoms with Crippen LogP contribution in [0.5, 0.6) is 5.75 Å². The third-order valence-electron chi connectivity index (χ3n) is 10.3. The molecule has 1 saturated heterocycles. The van der Waals surface area contributed by atoms with Gasteiger partial charge in [-0.1, -0.05) is 35.9 Å². The summed E-state index contributed by atoms with van der Waals surface area (Å²) < 4.78 is 6.36. The molecule has 0 spiro atoms. The van der Waals surface area contributed by atoms with Gasteiger partial charge in [-0.15, -0.1) is 0 Å². The summed E-state index contributed by atoms with van der Waals surface area (Å²) in [6.45, 7) is 4.79. The van der Waals surface area contributed by atoms with Gasteiger partial charge in [-0.3, -0.25) is 38.9 Å². The molecule has 3 heterocycles. The van der Waals surface area contributed by atoms with Gasteiger partial charge in [0, 0.05) is 65.1 Å². The molecule has 3 aromatic rings. The van der Waals surface area contributed by atoms with Gasteiger partial charge in [0.05, 0.1) is 6.54 Å². The van der Waals surface area contributed by atoms with Gasteiger partial charge in [0.1, 0.15) is 36.7 Å². The summed E-state index contributed by atoms with van der Waals surface area (Å²) in [5.74, 6) is -3.08. The van der Waals surface area contributed by atoms with E-state index in [0.717, 1.165) is 10.5 Å². The first-order valence-electron chi connectivity index (χ1n) is 19.5. The molecule has 19 heteroatoms. The highest BCUT2D eigenvalue weighted by molar-refractivity contribution is 6.31. The Hall–Kier alpha value is -6.79. The van der Waals surface area contributed by atoms with Crippen LogP contribution in [0, 0.1) is 6.92 Å². The quantitative estimate of drug-likeness (QED) is 0.110. The van der Waals surface area contributed by atoms with E-state index in [-0.39, 0.29) is 45.5 Å². The number of aryl methyl sites for hydroxylation is 1. The van der Waals surface area contributed by atoms with Crippen LogP contribution in [0.4, 0.5) is 16.2 Å². The Morgan fingerprint density at radius 2 is 1.66 bits per heavy atom. The zero-order valence-electron chi connectivity index (χ0n) is 33.5. The highest BCUT2D eigenvalue weighted by Crippen LogP contribution is 2.37. The molecule has 320 valence electrons. The second-order valence-electron chi connectivity index (χ2n) is 14.8. The number of hydrogen-bond donors (Lipinski definition) is 7. The van der Waals surface area contributed by atoms with Gasteiger partial charge in [0.25, 0.3) is 5.91 Å². The van der Waals surface area contributed by atoms with Crippen molar-refractivity contribution >= 4 is 70.4 Å². The molecule has 0 saturated carbocycles. The van der Waals surface area contributed by atoms with Crippen LogP contribution in [0.3, 0.4) is 0 Å². The number of imide groups is 1. The van der Waals surface area contributed by atoms with Gasteiger partial charge in [-0.2, -0.15) is 0 Å². The van der Waals surface area contributed by atoms with Crippen LogP contribution in [-0.2, 0) is 48.5 Å². The number of aliphatic hydroxyl groups is 1. The van der Waals surface area contributed by atoms with Gasteiger partial charge in [-0.05, 0) is 74.7 Å². The molecule has 0 aromatic heterocycles. The van der Waals surface area contributed by atoms with E-state index < -0.39 is 71.7 Å². The van der Waals surface area contributed by atoms with Crippen molar-refractivity contribution in [2.75, 3.05) is 17.2 Å². The minimum absolute atomic E-state index is 0.00924. The molecule has 7 N–H and O–H groups in total. The highest BCUT2D eigenvalue weighted by Gasteiger charge is 2.41. The SMILES string of the molecule is Cc1ccc(NC(=O)NCc2ccc3c(c2OCc2ccc(NC(=O)[C@H](C)NC(=O)[C@H](C)NC(=O)CCN4C(=O)C=CC4O)cc2)CN(C2CCC(=O)NC2=O)C3=O)cc1Cl. The number of ether oxygens (including phenoxy) is 1. The van der Waals surface area contributed by atoms with Crippen LogP contribution in [-0.4, -0.2) is 93.2 Å². The van der Waals surface area contributed by atoms with Crippen molar-refractivity contribution in [3.8, 4) is 5.75 Å². The molecule has 0 aliphatic carbocycles. The molecule has 3 aliphatic rings. The van der Waals surface area contributed by atoms with E-state index in [1.807, 2.05) is 6.92 Å². The van der Waals surface area contributed by atoms with Crippen LogP contribution in [0.2, 0.25) is 5.02 Å². The lowest BCUT2D eigenvalue weighted by Gasteiger charge is -2.29. The third kappa shape index (κ3) is 10.7. The van der Waals surface area contributed by atoms with Crippen molar-refractivity contribution in [2.45, 2.75) is 84.1 Å². The molecule has 0 radical (unpaired) electrons. The molecule has 4 atom stereocenters. The summed E-state index contributed by atoms with van der Waals surface area (Å²) >= 11 is 6.22. The molecule has 1 fully saturated rings. The average molecular weight is 857 g/mol. The molecular weight excluding hydrogens is 812 g/mol. The monoisotopic (exact) mass is 856 g/mol. The van der Waals surface area contributed by atoms with Gasteiger partial charge in [0.2, 0.25) is 35.4 Å². The lowest BCUT2D eigenvalue weighted by molar-refractivity contribution is -0.137. The maximum Gasteiger partial charge on any atom is 0.319 e. The zero-order chi connectivity index (χ0) is 44.0. The molecule has 9 amide bonds. The maximum absolute atomic E-state index is 13.6. The number of nitrogens with zero attached hydrogens (tertiary/aromatic N) is 2. The topological polar surface area (TPSA) is 245 Å². The van der Waals surface area contributed by atoms with E-state index in [1.54, 1.807) is 54.6 Å². The molecule has 61 heavy (non-hydrogen) atoms. The number of fused-ring (bicyclic) bond motifs is 1. The van der Waals surface area contributed by atoms with Gasteiger partial charge in [-0.25, -0.2) is 4.79 Å². The number of aliphatic hydroxyl groups excluding tert-OH is 1. The van der Waals surface area contributed by atoms with Crippen LogP contribution in [0.25, 0.3) is 0 Å². The first kappa shape index (κ1) is 43.8. The fraction of sp³-hybridized carbons (Fsp3) is 0.333. The normalized spacial score (nSPS) is 17.9. The second-order valence-corrected chi connectivity index (χ2v) is 15.2. The van der Waals surface area contributed by atoms with E-state index in [9.17, 15) is 43.5 Å². The minimum Gasteiger partial charge on any atom is -0.488 e. The first-order valence-corrected chi connectivity index (χ1v) is 19.9. The Balaban J connectivity index is 1.06. The van der Waals surface area contributed by atoms with Crippen molar-refractivity contribution in [3.05, 3.63) is 99.6 Å². The number of hydrogen-bond acceptors (Lipinski definition) is 10. The molecule has 3 aromatic carbocycles. The van der Waals surface area contributed by atoms with E-state index >= 15 is 0 Å². The van der Waals surface area contributed by atoms with Crippen molar-refractivity contribution < 1.29 is 48.2 Å². The fourth-order valence-electron chi connectivity index (χ4n) is 6.84. The van der Waals surface area contributed by atoms with Crippen molar-refractivity contribution in [3.63, 3.8) is 0 Å². The number of halogens is 1. The summed E-state index contributed by atoms with van der Waals surface area (Å²) in [6.07, 6.45) is 1.54. The van der Waals surface area contributed by atoms with Crippen molar-refractivity contribution in [1.29, 1.82) is 0 Å². The number of benzene rings is 3. The smallest absolute Gasteiger partial charge is 0.319 e. The standard InChI is InChI=1S/C42H45ClN8O10/c1-22-4-8-28(18-31(22)43)48-42(60)44-19-26-7-11-29-30(20-51(41(29)59)32-12-13-33(52)49-40(32)58)37(26)61-21-25-5-9-27(10-6-25)47-39(57)24(3)46-38(56)23(2)45-34(53)16-17-50-35(54)14-15-36(50)55/h4-11,14-15,18,23-24,32,35,54H,12-13,16-17,19-21H2,1-3H3,(H,45,53)(H,46,56)(H,47,57)(H2,44,48,60)(H,49,52,58)/t23-,24-,32?,35?/m0/s1. The average Bonchev–Trinajstić information content (AvgIpc) is 3.73. The maximum atomic E-state index is 13.6. The Bertz CT molecular complexity index is 2300. The molecule has 18 nitrogen and oxygen atoms in total. The predicted molar refractivity (Wildman–Crippen MR) is 221 cm³/mol. The number of piperidine rings is 1. The van der Waals surface area contributed by atoms with E-state index in [4.69, 9.17) is 16.3 Å². The lowest BCUT2D eigenvalue weighted by atomic mass is 10.0. The number of rotatable bonds is 15. The van der Waals surface area contributed by atoms with Gasteiger partial charge < -0.3 is 46.2 Å². The molecule has 2 unspecified atom stereocenters. The zero-order valence-corrected chi connectivity index (χ0v) is 34.3. The number of urea groups is 1. The van der Waals surface area contributed by atoms with Crippen LogP contribution in [0.1, 0.15) is 65.7 Å². The van der Waals surface area contributed by atoms with Gasteiger partial charge >= 0.3 is 6.03 Å². The number of carbonyl (C=O) groups excluding carboxylic acids is 8. The Morgan fingerprint density at radius 1 is 0.934 bits per heavy atom. The summed E-state index contributed by atoms with van der Waals surface area (Å²) in [7, 11) is 0. The van der Waals surface area contributed by atoms with E-state index in [0.29, 0.717) is 44.4 Å². The van der Waals surface area contributed by atoms with Crippen LogP contribution >= 0.6 is 11.6 Å². The van der Waals surface area contributed by atoms with Crippen molar-refractivity contribution in [1.82, 2.24) is 31.1 Å². The molecule has 6 rings (SSSR count). The van der Waals surface area contributed by atoms with Crippen LogP contribution < -0.4 is 36.6 Å². The lowest BCUT2D eigenvalue weighted by Crippen LogP contribution is -2.52. The van der Waals surface area contributed by atoms with Crippen LogP contribution in [0.15, 0.2) is 66.7 Å². The second kappa shape index (κ2) is 19.1. The molecular formula is C42H45ClN8O10. The van der Waals surface area contributed by atoms with Crippen molar-refractivity contribution in [2.24, 2.45) is 0 Å². The summed E-state index contributed by atoms with van der Waals surface area (Å²) in [6, 6.07) is 11.8. The molecule has 0 bridgehead atoms. The molecule has 3 aliphatic heterocycles. The Labute approximate surface area is 355 Å².